The lowest BCUT2D eigenvalue weighted by atomic mass is 9.70. The highest BCUT2D eigenvalue weighted by atomic mass is 16.3. The predicted molar refractivity (Wildman–Crippen MR) is 75.8 cm³/mol. The van der Waals surface area contributed by atoms with Crippen molar-refractivity contribution >= 4 is 17.4 Å². The molecule has 2 bridgehead atoms. The third-order valence-electron chi connectivity index (χ3n) is 4.56. The van der Waals surface area contributed by atoms with Crippen molar-refractivity contribution in [3.8, 4) is 5.75 Å². The van der Waals surface area contributed by atoms with E-state index in [9.17, 15) is 5.11 Å². The van der Waals surface area contributed by atoms with E-state index in [0.29, 0.717) is 5.75 Å². The quantitative estimate of drug-likeness (QED) is 0.745. The molecule has 0 amide bonds. The van der Waals surface area contributed by atoms with E-state index in [-0.39, 0.29) is 5.41 Å². The van der Waals surface area contributed by atoms with Gasteiger partial charge in [-0.3, -0.25) is 4.99 Å². The van der Waals surface area contributed by atoms with Gasteiger partial charge in [0, 0.05) is 22.8 Å². The summed E-state index contributed by atoms with van der Waals surface area (Å²) in [6.45, 7) is 0. The number of aromatic hydroxyl groups is 1. The molecule has 3 aliphatic carbocycles. The van der Waals surface area contributed by atoms with E-state index >= 15 is 0 Å². The first kappa shape index (κ1) is 9.56. The molecule has 1 aliphatic heterocycles. The van der Waals surface area contributed by atoms with Gasteiger partial charge in [-0.2, -0.15) is 0 Å². The molecular weight excluding hydrogens is 234 g/mol. The van der Waals surface area contributed by atoms with Crippen molar-refractivity contribution in [1.82, 2.24) is 0 Å². The van der Waals surface area contributed by atoms with Crippen LogP contribution in [0.5, 0.6) is 5.75 Å². The first-order valence-corrected chi connectivity index (χ1v) is 6.52. The minimum absolute atomic E-state index is 0.0631. The van der Waals surface area contributed by atoms with Crippen LogP contribution in [0, 0.1) is 5.41 Å². The zero-order valence-electron chi connectivity index (χ0n) is 10.2. The highest BCUT2D eigenvalue weighted by molar-refractivity contribution is 6.23. The molecule has 1 unspecified atom stereocenters. The van der Waals surface area contributed by atoms with Crippen LogP contribution in [0.2, 0.25) is 0 Å². The molecule has 0 saturated carbocycles. The van der Waals surface area contributed by atoms with Gasteiger partial charge in [0.15, 0.2) is 0 Å². The second kappa shape index (κ2) is 2.80. The molecule has 2 nitrogen and oxygen atoms in total. The van der Waals surface area contributed by atoms with Crippen LogP contribution in [0.1, 0.15) is 17.5 Å². The van der Waals surface area contributed by atoms with Crippen LogP contribution in [0.25, 0.3) is 11.6 Å². The van der Waals surface area contributed by atoms with Gasteiger partial charge < -0.3 is 5.11 Å². The van der Waals surface area contributed by atoms with Gasteiger partial charge in [-0.05, 0) is 35.3 Å². The van der Waals surface area contributed by atoms with Crippen molar-refractivity contribution in [3.05, 3.63) is 64.9 Å². The van der Waals surface area contributed by atoms with Crippen LogP contribution in [0.15, 0.2) is 58.8 Å². The Labute approximate surface area is 110 Å². The van der Waals surface area contributed by atoms with Gasteiger partial charge in [0.25, 0.3) is 0 Å². The molecule has 0 fully saturated rings. The second-order valence-electron chi connectivity index (χ2n) is 5.54. The molecule has 1 heterocycles. The Hall–Kier alpha value is -2.35. The molecule has 90 valence electrons. The van der Waals surface area contributed by atoms with Gasteiger partial charge in [-0.15, -0.1) is 0 Å². The Bertz CT molecular complexity index is 805. The Balaban J connectivity index is 1.96. The summed E-state index contributed by atoms with van der Waals surface area (Å²) >= 11 is 0. The maximum atomic E-state index is 10.3. The standard InChI is InChI=1S/C17H11NO/c19-13-3-1-2-10-4-6-17-7-5-12-14(16(17)15(10)13)11(8-17)9-18-12/h1-7,9,19H,8H2. The van der Waals surface area contributed by atoms with Gasteiger partial charge in [0.1, 0.15) is 5.75 Å². The van der Waals surface area contributed by atoms with Crippen LogP contribution in [0.3, 0.4) is 0 Å². The Morgan fingerprint density at radius 3 is 3.00 bits per heavy atom. The van der Waals surface area contributed by atoms with Gasteiger partial charge in [-0.25, -0.2) is 0 Å². The lowest BCUT2D eigenvalue weighted by Crippen LogP contribution is -2.20. The highest BCUT2D eigenvalue weighted by Gasteiger charge is 2.47. The third kappa shape index (κ3) is 0.942. The van der Waals surface area contributed by atoms with Crippen molar-refractivity contribution in [2.45, 2.75) is 6.42 Å². The molecule has 0 radical (unpaired) electrons. The Kier molecular flexibility index (Phi) is 1.41. The highest BCUT2D eigenvalue weighted by Crippen LogP contribution is 2.60. The van der Waals surface area contributed by atoms with Gasteiger partial charge >= 0.3 is 0 Å². The van der Waals surface area contributed by atoms with Gasteiger partial charge in [0.2, 0.25) is 0 Å². The fourth-order valence-corrected chi connectivity index (χ4v) is 3.76. The van der Waals surface area contributed by atoms with E-state index in [1.165, 1.54) is 16.7 Å². The number of phenols is 1. The molecule has 2 heteroatoms. The molecule has 5 rings (SSSR count). The number of aliphatic imine (C=N–C) groups is 1. The average Bonchev–Trinajstić information content (AvgIpc) is 2.89. The molecule has 0 spiro atoms. The van der Waals surface area contributed by atoms with Crippen LogP contribution in [-0.4, -0.2) is 10.8 Å². The molecule has 0 saturated heterocycles. The second-order valence-corrected chi connectivity index (χ2v) is 5.54. The minimum Gasteiger partial charge on any atom is -0.507 e. The largest absolute Gasteiger partial charge is 0.507 e. The summed E-state index contributed by atoms with van der Waals surface area (Å²) in [5.74, 6) is 0.372. The van der Waals surface area contributed by atoms with Gasteiger partial charge in [-0.1, -0.05) is 30.4 Å². The summed E-state index contributed by atoms with van der Waals surface area (Å²) in [4.78, 5) is 4.47. The lowest BCUT2D eigenvalue weighted by Gasteiger charge is -2.33. The first-order valence-electron chi connectivity index (χ1n) is 6.52. The molecule has 1 aromatic carbocycles. The minimum atomic E-state index is -0.0631. The third-order valence-corrected chi connectivity index (χ3v) is 4.56. The molecule has 1 N–H and O–H groups in total. The van der Waals surface area contributed by atoms with Gasteiger partial charge in [0.05, 0.1) is 5.71 Å². The molecular formula is C17H11NO. The van der Waals surface area contributed by atoms with Crippen molar-refractivity contribution in [1.29, 1.82) is 0 Å². The van der Waals surface area contributed by atoms with E-state index in [2.05, 4.69) is 35.4 Å². The molecule has 0 aromatic heterocycles. The number of allylic oxidation sites excluding steroid dienone is 6. The number of nitrogens with zero attached hydrogens (tertiary/aromatic N) is 1. The van der Waals surface area contributed by atoms with Crippen molar-refractivity contribution in [2.24, 2.45) is 10.4 Å². The fraction of sp³-hybridized carbons (Fsp3) is 0.118. The molecule has 1 atom stereocenters. The van der Waals surface area contributed by atoms with E-state index in [4.69, 9.17) is 0 Å². The summed E-state index contributed by atoms with van der Waals surface area (Å²) < 4.78 is 0. The zero-order chi connectivity index (χ0) is 12.6. The zero-order valence-corrected chi connectivity index (χ0v) is 10.2. The van der Waals surface area contributed by atoms with Crippen molar-refractivity contribution in [2.75, 3.05) is 0 Å². The molecule has 4 aliphatic rings. The smallest absolute Gasteiger partial charge is 0.123 e. The summed E-state index contributed by atoms with van der Waals surface area (Å²) in [5, 5.41) is 10.3. The average molecular weight is 245 g/mol. The first-order chi connectivity index (χ1) is 9.28. The normalized spacial score (nSPS) is 28.2. The maximum Gasteiger partial charge on any atom is 0.123 e. The summed E-state index contributed by atoms with van der Waals surface area (Å²) in [6.07, 6.45) is 11.7. The Morgan fingerprint density at radius 1 is 1.16 bits per heavy atom. The van der Waals surface area contributed by atoms with Crippen LogP contribution >= 0.6 is 0 Å². The molecule has 1 aromatic rings. The maximum absolute atomic E-state index is 10.3. The summed E-state index contributed by atoms with van der Waals surface area (Å²) in [5.41, 5.74) is 6.86. The number of hydrogen-bond donors (Lipinski definition) is 1. The number of hydrogen-bond acceptors (Lipinski definition) is 2. The SMILES string of the molecule is Oc1cccc2c1C1=C3C4=CN=C3C=CC1(C=C2)C4. The number of benzene rings is 1. The lowest BCUT2D eigenvalue weighted by molar-refractivity contribution is 0.471. The van der Waals surface area contributed by atoms with Crippen molar-refractivity contribution < 1.29 is 5.11 Å². The van der Waals surface area contributed by atoms with Crippen LogP contribution in [0.4, 0.5) is 0 Å². The van der Waals surface area contributed by atoms with E-state index in [1.54, 1.807) is 6.07 Å². The van der Waals surface area contributed by atoms with E-state index < -0.39 is 0 Å². The van der Waals surface area contributed by atoms with Crippen LogP contribution in [-0.2, 0) is 0 Å². The topological polar surface area (TPSA) is 32.6 Å². The van der Waals surface area contributed by atoms with Crippen LogP contribution < -0.4 is 0 Å². The monoisotopic (exact) mass is 245 g/mol. The van der Waals surface area contributed by atoms with E-state index in [0.717, 1.165) is 23.3 Å². The van der Waals surface area contributed by atoms with Crippen molar-refractivity contribution in [3.63, 3.8) is 0 Å². The number of rotatable bonds is 0. The number of fused-ring (bicyclic) bond motifs is 1. The Morgan fingerprint density at radius 2 is 2.05 bits per heavy atom. The van der Waals surface area contributed by atoms with E-state index in [1.807, 2.05) is 12.3 Å². The summed E-state index contributed by atoms with van der Waals surface area (Å²) in [7, 11) is 0. The molecule has 19 heavy (non-hydrogen) atoms. The fourth-order valence-electron chi connectivity index (χ4n) is 3.76. The predicted octanol–water partition coefficient (Wildman–Crippen LogP) is 3.47. The summed E-state index contributed by atoms with van der Waals surface area (Å²) in [6, 6.07) is 5.73. The number of phenolic OH excluding ortho intramolecular Hbond substituents is 1.